The third kappa shape index (κ3) is 4.89. The van der Waals surface area contributed by atoms with Crippen molar-refractivity contribution in [3.63, 3.8) is 0 Å². The molecule has 0 atom stereocenters. The zero-order valence-corrected chi connectivity index (χ0v) is 12.0. The topological polar surface area (TPSA) is 67.5 Å². The second-order valence-corrected chi connectivity index (χ2v) is 4.80. The molecule has 0 amide bonds. The highest BCUT2D eigenvalue weighted by Gasteiger charge is 2.02. The van der Waals surface area contributed by atoms with E-state index in [1.165, 1.54) is 17.7 Å². The Balaban J connectivity index is 1.77. The molecule has 0 aliphatic carbocycles. The van der Waals surface area contributed by atoms with Crippen LogP contribution < -0.4 is 5.32 Å². The van der Waals surface area contributed by atoms with E-state index in [2.05, 4.69) is 10.3 Å². The number of hydrogen-bond donors (Lipinski definition) is 1. The smallest absolute Gasteiger partial charge is 0.269 e. The van der Waals surface area contributed by atoms with Crippen LogP contribution in [0.5, 0.6) is 0 Å². The van der Waals surface area contributed by atoms with Crippen molar-refractivity contribution in [2.75, 3.05) is 11.9 Å². The molecule has 0 radical (unpaired) electrons. The number of nitrogens with zero attached hydrogens (tertiary/aromatic N) is 2. The predicted octanol–water partition coefficient (Wildman–Crippen LogP) is 3.93. The van der Waals surface area contributed by atoms with E-state index < -0.39 is 4.92 Å². The molecule has 0 aromatic heterocycles. The van der Waals surface area contributed by atoms with Crippen molar-refractivity contribution in [1.29, 1.82) is 0 Å². The zero-order valence-electron chi connectivity index (χ0n) is 11.2. The molecule has 0 saturated carbocycles. The van der Waals surface area contributed by atoms with Gasteiger partial charge >= 0.3 is 0 Å². The van der Waals surface area contributed by atoms with Gasteiger partial charge in [-0.25, -0.2) is 0 Å². The predicted molar refractivity (Wildman–Crippen MR) is 85.2 cm³/mol. The summed E-state index contributed by atoms with van der Waals surface area (Å²) in [6.45, 7) is 0.654. The number of hydrogen-bond acceptors (Lipinski definition) is 3. The van der Waals surface area contributed by atoms with Crippen LogP contribution in [0.1, 0.15) is 5.56 Å². The van der Waals surface area contributed by atoms with Gasteiger partial charge < -0.3 is 5.32 Å². The summed E-state index contributed by atoms with van der Waals surface area (Å²) in [5, 5.41) is 14.2. The molecule has 0 bridgehead atoms. The number of nitro groups is 1. The number of aliphatic imine (C=N–C) groups is 1. The van der Waals surface area contributed by atoms with Crippen molar-refractivity contribution in [2.45, 2.75) is 6.42 Å². The van der Waals surface area contributed by atoms with Crippen LogP contribution in [0.2, 0.25) is 5.02 Å². The van der Waals surface area contributed by atoms with Crippen LogP contribution in [-0.2, 0) is 6.42 Å². The minimum atomic E-state index is -0.427. The normalized spacial score (nSPS) is 10.7. The summed E-state index contributed by atoms with van der Waals surface area (Å²) in [4.78, 5) is 14.3. The molecule has 0 heterocycles. The largest absolute Gasteiger partial charge is 0.347 e. The third-order valence-electron chi connectivity index (χ3n) is 2.84. The van der Waals surface area contributed by atoms with Crippen LogP contribution in [0.4, 0.5) is 11.4 Å². The molecule has 108 valence electrons. The second-order valence-electron chi connectivity index (χ2n) is 4.36. The minimum absolute atomic E-state index is 0.0697. The molecule has 2 rings (SSSR count). The first-order chi connectivity index (χ1) is 10.1. The number of non-ortho nitro benzene ring substituents is 1. The van der Waals surface area contributed by atoms with Gasteiger partial charge in [0, 0.05) is 29.4 Å². The van der Waals surface area contributed by atoms with Crippen LogP contribution in [0.3, 0.4) is 0 Å². The maximum Gasteiger partial charge on any atom is 0.269 e. The average Bonchev–Trinajstić information content (AvgIpc) is 2.49. The standard InChI is InChI=1S/C15H14ClN3O2/c16-13-3-1-12(2-4-13)9-10-17-11-18-14-5-7-15(8-6-14)19(20)21/h1-8,11H,9-10H2,(H,17,18). The minimum Gasteiger partial charge on any atom is -0.347 e. The van der Waals surface area contributed by atoms with Gasteiger partial charge in [0.25, 0.3) is 5.69 Å². The summed E-state index contributed by atoms with van der Waals surface area (Å²) in [7, 11) is 0. The highest BCUT2D eigenvalue weighted by Crippen LogP contribution is 2.14. The zero-order chi connectivity index (χ0) is 15.1. The Morgan fingerprint density at radius 3 is 2.43 bits per heavy atom. The molecule has 0 saturated heterocycles. The molecule has 21 heavy (non-hydrogen) atoms. The van der Waals surface area contributed by atoms with E-state index in [1.807, 2.05) is 24.3 Å². The molecular formula is C15H14ClN3O2. The molecule has 2 aromatic carbocycles. The molecule has 0 unspecified atom stereocenters. The number of benzene rings is 2. The molecule has 5 nitrogen and oxygen atoms in total. The number of rotatable bonds is 6. The van der Waals surface area contributed by atoms with Crippen LogP contribution >= 0.6 is 11.6 Å². The van der Waals surface area contributed by atoms with E-state index in [0.29, 0.717) is 6.54 Å². The highest BCUT2D eigenvalue weighted by molar-refractivity contribution is 6.30. The first kappa shape index (κ1) is 15.0. The van der Waals surface area contributed by atoms with Crippen molar-refractivity contribution in [3.8, 4) is 0 Å². The molecule has 0 spiro atoms. The fraction of sp³-hybridized carbons (Fsp3) is 0.133. The number of halogens is 1. The van der Waals surface area contributed by atoms with Crippen molar-refractivity contribution < 1.29 is 4.92 Å². The Hall–Kier alpha value is -2.40. The van der Waals surface area contributed by atoms with E-state index in [1.54, 1.807) is 18.5 Å². The lowest BCUT2D eigenvalue weighted by Gasteiger charge is -2.00. The van der Waals surface area contributed by atoms with Crippen LogP contribution in [-0.4, -0.2) is 17.8 Å². The summed E-state index contributed by atoms with van der Waals surface area (Å²) in [6, 6.07) is 13.8. The molecule has 2 aromatic rings. The van der Waals surface area contributed by atoms with Crippen molar-refractivity contribution in [2.24, 2.45) is 4.99 Å². The van der Waals surface area contributed by atoms with Crippen LogP contribution in [0, 0.1) is 10.1 Å². The summed E-state index contributed by atoms with van der Waals surface area (Å²) in [5.74, 6) is 0. The fourth-order valence-corrected chi connectivity index (χ4v) is 1.83. The monoisotopic (exact) mass is 303 g/mol. The quantitative estimate of drug-likeness (QED) is 0.380. The lowest BCUT2D eigenvalue weighted by atomic mass is 10.2. The summed E-state index contributed by atoms with van der Waals surface area (Å²) in [6.07, 6.45) is 2.42. The van der Waals surface area contributed by atoms with Crippen LogP contribution in [0.15, 0.2) is 53.5 Å². The van der Waals surface area contributed by atoms with Gasteiger partial charge in [-0.3, -0.25) is 15.1 Å². The fourth-order valence-electron chi connectivity index (χ4n) is 1.71. The van der Waals surface area contributed by atoms with Gasteiger partial charge in [0.15, 0.2) is 0 Å². The van der Waals surface area contributed by atoms with Gasteiger partial charge in [-0.1, -0.05) is 23.7 Å². The van der Waals surface area contributed by atoms with Gasteiger partial charge in [-0.05, 0) is 36.2 Å². The molecule has 1 N–H and O–H groups in total. The van der Waals surface area contributed by atoms with Gasteiger partial charge in [0.05, 0.1) is 11.3 Å². The van der Waals surface area contributed by atoms with Gasteiger partial charge in [0.2, 0.25) is 0 Å². The number of anilines is 1. The SMILES string of the molecule is O=[N+]([O-])c1ccc(NC=NCCc2ccc(Cl)cc2)cc1. The van der Waals surface area contributed by atoms with E-state index in [9.17, 15) is 10.1 Å². The first-order valence-electron chi connectivity index (χ1n) is 6.39. The molecule has 0 fully saturated rings. The Morgan fingerprint density at radius 1 is 1.14 bits per heavy atom. The summed E-state index contributed by atoms with van der Waals surface area (Å²) >= 11 is 5.81. The van der Waals surface area contributed by atoms with Crippen molar-refractivity contribution >= 4 is 29.3 Å². The third-order valence-corrected chi connectivity index (χ3v) is 3.10. The second kappa shape index (κ2) is 7.40. The van der Waals surface area contributed by atoms with Gasteiger partial charge in [-0.15, -0.1) is 0 Å². The molecule has 0 aliphatic heterocycles. The molecular weight excluding hydrogens is 290 g/mol. The average molecular weight is 304 g/mol. The first-order valence-corrected chi connectivity index (χ1v) is 6.77. The van der Waals surface area contributed by atoms with E-state index in [0.717, 1.165) is 17.1 Å². The Labute approximate surface area is 127 Å². The Bertz CT molecular complexity index is 624. The van der Waals surface area contributed by atoms with E-state index >= 15 is 0 Å². The number of nitrogens with one attached hydrogen (secondary N) is 1. The number of nitro benzene ring substituents is 1. The molecule has 6 heteroatoms. The van der Waals surface area contributed by atoms with E-state index in [4.69, 9.17) is 11.6 Å². The Kier molecular flexibility index (Phi) is 5.29. The van der Waals surface area contributed by atoms with Crippen LogP contribution in [0.25, 0.3) is 0 Å². The maximum absolute atomic E-state index is 10.5. The van der Waals surface area contributed by atoms with E-state index in [-0.39, 0.29) is 5.69 Å². The highest BCUT2D eigenvalue weighted by atomic mass is 35.5. The molecule has 0 aliphatic rings. The lowest BCUT2D eigenvalue weighted by Crippen LogP contribution is -1.97. The lowest BCUT2D eigenvalue weighted by molar-refractivity contribution is -0.384. The van der Waals surface area contributed by atoms with Gasteiger partial charge in [-0.2, -0.15) is 0 Å². The summed E-state index contributed by atoms with van der Waals surface area (Å²) in [5.41, 5.74) is 2.00. The Morgan fingerprint density at radius 2 is 1.81 bits per heavy atom. The van der Waals surface area contributed by atoms with Crippen molar-refractivity contribution in [1.82, 2.24) is 0 Å². The van der Waals surface area contributed by atoms with Gasteiger partial charge in [0.1, 0.15) is 0 Å². The van der Waals surface area contributed by atoms with Crippen molar-refractivity contribution in [3.05, 3.63) is 69.2 Å². The summed E-state index contributed by atoms with van der Waals surface area (Å²) < 4.78 is 0. The maximum atomic E-state index is 10.5.